The number of pyridine rings is 1. The molecule has 5 heterocycles. The molecule has 4 aromatic heterocycles. The molecular weight excluding hydrogens is 434 g/mol. The van der Waals surface area contributed by atoms with Crippen molar-refractivity contribution < 1.29 is 4.74 Å². The van der Waals surface area contributed by atoms with Crippen LogP contribution in [0.2, 0.25) is 0 Å². The topological polar surface area (TPSA) is 79.6 Å². The van der Waals surface area contributed by atoms with E-state index in [4.69, 9.17) is 14.8 Å². The average molecular weight is 456 g/mol. The highest BCUT2D eigenvalue weighted by molar-refractivity contribution is 7.17. The Kier molecular flexibility index (Phi) is 4.89. The van der Waals surface area contributed by atoms with Crippen LogP contribution in [0, 0.1) is 0 Å². The fourth-order valence-corrected chi connectivity index (χ4v) is 4.85. The second kappa shape index (κ2) is 8.19. The lowest BCUT2D eigenvalue weighted by atomic mass is 10.2. The predicted octanol–water partition coefficient (Wildman–Crippen LogP) is 4.80. The molecule has 0 bridgehead atoms. The Balaban J connectivity index is 1.40. The monoisotopic (exact) mass is 455 g/mol. The number of benzene rings is 1. The summed E-state index contributed by atoms with van der Waals surface area (Å²) in [6.45, 7) is 6.03. The number of hydrazine groups is 1. The van der Waals surface area contributed by atoms with Crippen molar-refractivity contribution in [2.24, 2.45) is 0 Å². The number of aromatic nitrogens is 4. The summed E-state index contributed by atoms with van der Waals surface area (Å²) in [6, 6.07) is 14.2. The van der Waals surface area contributed by atoms with Gasteiger partial charge in [0.15, 0.2) is 11.5 Å². The molecule has 0 atom stereocenters. The second-order valence-electron chi connectivity index (χ2n) is 7.71. The Morgan fingerprint density at radius 3 is 2.85 bits per heavy atom. The van der Waals surface area contributed by atoms with E-state index >= 15 is 0 Å². The number of fused-ring (bicyclic) bond motifs is 2. The summed E-state index contributed by atoms with van der Waals surface area (Å²) in [4.78, 5) is 11.1. The van der Waals surface area contributed by atoms with Gasteiger partial charge in [-0.1, -0.05) is 24.8 Å². The lowest BCUT2D eigenvalue weighted by Crippen LogP contribution is -2.34. The molecule has 33 heavy (non-hydrogen) atoms. The number of hydrogen-bond donors (Lipinski definition) is 2. The van der Waals surface area contributed by atoms with Crippen LogP contribution in [0.15, 0.2) is 78.7 Å². The van der Waals surface area contributed by atoms with E-state index in [1.807, 2.05) is 41.0 Å². The summed E-state index contributed by atoms with van der Waals surface area (Å²) < 4.78 is 8.61. The van der Waals surface area contributed by atoms with Crippen molar-refractivity contribution in [1.82, 2.24) is 19.6 Å². The first kappa shape index (κ1) is 19.7. The van der Waals surface area contributed by atoms with Crippen molar-refractivity contribution in [3.05, 3.63) is 78.7 Å². The van der Waals surface area contributed by atoms with Crippen molar-refractivity contribution in [2.45, 2.75) is 0 Å². The van der Waals surface area contributed by atoms with Gasteiger partial charge in [0.05, 0.1) is 36.5 Å². The highest BCUT2D eigenvalue weighted by Crippen LogP contribution is 2.32. The number of ether oxygens (including phenoxy) is 1. The van der Waals surface area contributed by atoms with E-state index in [0.717, 1.165) is 34.0 Å². The summed E-state index contributed by atoms with van der Waals surface area (Å²) in [7, 11) is 0. The van der Waals surface area contributed by atoms with E-state index in [9.17, 15) is 0 Å². The first-order chi connectivity index (χ1) is 16.3. The third-order valence-corrected chi connectivity index (χ3v) is 6.55. The van der Waals surface area contributed by atoms with E-state index in [0.29, 0.717) is 25.6 Å². The van der Waals surface area contributed by atoms with E-state index in [-0.39, 0.29) is 0 Å². The fraction of sp³-hybridized carbons (Fsp3) is 0.125. The maximum Gasteiger partial charge on any atom is 0.178 e. The number of anilines is 3. The summed E-state index contributed by atoms with van der Waals surface area (Å²) in [6.07, 6.45) is 5.46. The smallest absolute Gasteiger partial charge is 0.178 e. The quantitative estimate of drug-likeness (QED) is 0.369. The predicted molar refractivity (Wildman–Crippen MR) is 133 cm³/mol. The molecule has 1 aromatic carbocycles. The molecule has 1 fully saturated rings. The normalized spacial score (nSPS) is 14.2. The minimum absolute atomic E-state index is 0.494. The molecule has 6 rings (SSSR count). The first-order valence-corrected chi connectivity index (χ1v) is 11.5. The van der Waals surface area contributed by atoms with Crippen LogP contribution in [-0.2, 0) is 4.74 Å². The summed E-state index contributed by atoms with van der Waals surface area (Å²) in [5, 5.41) is 8.03. The third kappa shape index (κ3) is 3.67. The van der Waals surface area contributed by atoms with E-state index < -0.39 is 0 Å². The number of thiophene rings is 1. The molecule has 1 saturated heterocycles. The standard InChI is InChI=1S/C24H21N7OS/c1-16-14-32-11-10-30(16)21-12-23(28-27-20-15-33-22-5-3-2-4-18(20)22)29-31-13-19(26-24(21)31)17-6-8-25-9-7-17/h2-9,12-13,15,27H,1,10-11,14H2,(H,28,29). The van der Waals surface area contributed by atoms with Crippen LogP contribution in [0.4, 0.5) is 17.2 Å². The minimum atomic E-state index is 0.494. The van der Waals surface area contributed by atoms with E-state index in [1.165, 1.54) is 10.1 Å². The highest BCUT2D eigenvalue weighted by atomic mass is 32.1. The molecule has 164 valence electrons. The molecule has 2 N–H and O–H groups in total. The van der Waals surface area contributed by atoms with Gasteiger partial charge >= 0.3 is 0 Å². The molecule has 5 aromatic rings. The van der Waals surface area contributed by atoms with Crippen molar-refractivity contribution in [3.63, 3.8) is 0 Å². The molecule has 0 aliphatic carbocycles. The van der Waals surface area contributed by atoms with Gasteiger partial charge in [-0.05, 0) is 18.2 Å². The number of rotatable bonds is 5. The van der Waals surface area contributed by atoms with Gasteiger partial charge in [-0.15, -0.1) is 16.4 Å². The SMILES string of the molecule is C=C1COCCN1c1cc(NNc2csc3ccccc23)nn2cc(-c3ccncc3)nc12. The molecule has 9 heteroatoms. The molecule has 0 saturated carbocycles. The van der Waals surface area contributed by atoms with Crippen molar-refractivity contribution in [3.8, 4) is 11.3 Å². The zero-order valence-electron chi connectivity index (χ0n) is 17.7. The maximum absolute atomic E-state index is 5.57. The molecule has 1 aliphatic rings. The second-order valence-corrected chi connectivity index (χ2v) is 8.62. The lowest BCUT2D eigenvalue weighted by Gasteiger charge is -2.31. The Hall–Kier alpha value is -3.95. The van der Waals surface area contributed by atoms with Gasteiger partial charge in [0.2, 0.25) is 0 Å². The van der Waals surface area contributed by atoms with Crippen molar-refractivity contribution >= 4 is 44.3 Å². The molecule has 0 unspecified atom stereocenters. The van der Waals surface area contributed by atoms with Crippen LogP contribution in [-0.4, -0.2) is 39.3 Å². The Morgan fingerprint density at radius 1 is 1.09 bits per heavy atom. The molecular formula is C24H21N7OS. The van der Waals surface area contributed by atoms with Crippen LogP contribution in [0.1, 0.15) is 0 Å². The Bertz CT molecular complexity index is 1460. The number of nitrogens with zero attached hydrogens (tertiary/aromatic N) is 5. The fourth-order valence-electron chi connectivity index (χ4n) is 3.96. The largest absolute Gasteiger partial charge is 0.373 e. The molecule has 0 radical (unpaired) electrons. The van der Waals surface area contributed by atoms with Gasteiger partial charge in [0, 0.05) is 51.7 Å². The zero-order chi connectivity index (χ0) is 22.2. The minimum Gasteiger partial charge on any atom is -0.373 e. The zero-order valence-corrected chi connectivity index (χ0v) is 18.5. The number of nitrogens with one attached hydrogen (secondary N) is 2. The Labute approximate surface area is 194 Å². The van der Waals surface area contributed by atoms with Gasteiger partial charge in [-0.3, -0.25) is 15.8 Å². The van der Waals surface area contributed by atoms with E-state index in [1.54, 1.807) is 23.7 Å². The summed E-state index contributed by atoms with van der Waals surface area (Å²) >= 11 is 1.70. The van der Waals surface area contributed by atoms with Gasteiger partial charge in [0.25, 0.3) is 0 Å². The van der Waals surface area contributed by atoms with Crippen LogP contribution in [0.25, 0.3) is 27.0 Å². The molecule has 1 aliphatic heterocycles. The van der Waals surface area contributed by atoms with E-state index in [2.05, 4.69) is 44.8 Å². The van der Waals surface area contributed by atoms with Crippen LogP contribution >= 0.6 is 11.3 Å². The van der Waals surface area contributed by atoms with Crippen molar-refractivity contribution in [2.75, 3.05) is 35.5 Å². The molecule has 0 spiro atoms. The van der Waals surface area contributed by atoms with Crippen LogP contribution < -0.4 is 15.8 Å². The number of morpholine rings is 1. The Morgan fingerprint density at radius 2 is 1.97 bits per heavy atom. The van der Waals surface area contributed by atoms with Crippen molar-refractivity contribution in [1.29, 1.82) is 0 Å². The van der Waals surface area contributed by atoms with Gasteiger partial charge < -0.3 is 9.64 Å². The maximum atomic E-state index is 5.57. The first-order valence-electron chi connectivity index (χ1n) is 10.6. The van der Waals surface area contributed by atoms with Crippen LogP contribution in [0.5, 0.6) is 0 Å². The third-order valence-electron chi connectivity index (χ3n) is 5.59. The van der Waals surface area contributed by atoms with Gasteiger partial charge in [-0.25, -0.2) is 9.50 Å². The van der Waals surface area contributed by atoms with Gasteiger partial charge in [0.1, 0.15) is 0 Å². The van der Waals surface area contributed by atoms with Crippen LogP contribution in [0.3, 0.4) is 0 Å². The number of hydrogen-bond acceptors (Lipinski definition) is 8. The summed E-state index contributed by atoms with van der Waals surface area (Å²) in [5.74, 6) is 0.672. The van der Waals surface area contributed by atoms with Gasteiger partial charge in [-0.2, -0.15) is 0 Å². The average Bonchev–Trinajstić information content (AvgIpc) is 3.47. The lowest BCUT2D eigenvalue weighted by molar-refractivity contribution is 0.143. The number of imidazole rings is 1. The molecule has 8 nitrogen and oxygen atoms in total. The summed E-state index contributed by atoms with van der Waals surface area (Å²) in [5.41, 5.74) is 12.0. The molecule has 0 amide bonds. The highest BCUT2D eigenvalue weighted by Gasteiger charge is 2.21.